The number of aliphatic hydroxyl groups is 2. The summed E-state index contributed by atoms with van der Waals surface area (Å²) in [5.74, 6) is -7.20. The molecule has 4 rings (SSSR count). The van der Waals surface area contributed by atoms with E-state index in [1.165, 1.54) is 6.92 Å². The molecule has 11 heteroatoms. The molecule has 0 bridgehead atoms. The van der Waals surface area contributed by atoms with E-state index in [9.17, 15) is 34.2 Å². The summed E-state index contributed by atoms with van der Waals surface area (Å²) in [6, 6.07) is -1.04. The van der Waals surface area contributed by atoms with Gasteiger partial charge in [0.2, 0.25) is 11.6 Å². The van der Waals surface area contributed by atoms with Crippen LogP contribution in [0.25, 0.3) is 0 Å². The predicted molar refractivity (Wildman–Crippen MR) is 166 cm³/mol. The molecule has 4 aliphatic rings. The minimum absolute atomic E-state index is 0.187. The van der Waals surface area contributed by atoms with Gasteiger partial charge in [0.25, 0.3) is 0 Å². The Morgan fingerprint density at radius 2 is 1.74 bits per heavy atom. The summed E-state index contributed by atoms with van der Waals surface area (Å²) in [6.07, 6.45) is 5.56. The average molecular weight is 646 g/mol. The van der Waals surface area contributed by atoms with Crippen LogP contribution in [0, 0.1) is 39.9 Å². The molecule has 0 amide bonds. The molecule has 0 aromatic heterocycles. The molecule has 0 aromatic rings. The molecule has 0 aromatic carbocycles. The number of allylic oxidation sites excluding steroid dienone is 3. The number of ketones is 2. The minimum atomic E-state index is -1.62. The van der Waals surface area contributed by atoms with Gasteiger partial charge in [-0.2, -0.15) is 0 Å². The molecule has 11 nitrogen and oxygen atoms in total. The highest BCUT2D eigenvalue weighted by molar-refractivity contribution is 6.08. The normalized spacial score (nSPS) is 34.6. The highest BCUT2D eigenvalue weighted by Crippen LogP contribution is 2.67. The van der Waals surface area contributed by atoms with Gasteiger partial charge in [-0.05, 0) is 64.0 Å². The number of unbranched alkanes of at least 4 members (excludes halogenated alkanes) is 5. The Labute approximate surface area is 271 Å². The van der Waals surface area contributed by atoms with Crippen molar-refractivity contribution in [1.82, 2.24) is 5.48 Å². The zero-order chi connectivity index (χ0) is 34.4. The minimum Gasteiger partial charge on any atom is -0.504 e. The second-order valence-corrected chi connectivity index (χ2v) is 15.2. The SMILES string of the molecule is CCCCCCCCC(NOC(=O)C(C)(C)C)C(=O)OC1=C[C@@H](C)[C@@H]2C[C@H]3OC(=O)[C@H](O)[C@H]4C(C)=C(O)C(=O)[C@H]([C@@]2(C)C1=O)[C@]43C. The molecule has 0 radical (unpaired) electrons. The Bertz CT molecular complexity index is 1330. The number of ether oxygens (including phenoxy) is 2. The van der Waals surface area contributed by atoms with Crippen molar-refractivity contribution in [1.29, 1.82) is 0 Å². The Balaban J connectivity index is 1.63. The van der Waals surface area contributed by atoms with Gasteiger partial charge in [0.1, 0.15) is 12.1 Å². The molecule has 9 atom stereocenters. The predicted octanol–water partition coefficient (Wildman–Crippen LogP) is 4.81. The Hall–Kier alpha value is -3.05. The number of Topliss-reactive ketones (excluding diaryl/α,β-unsaturated/α-hetero) is 2. The van der Waals surface area contributed by atoms with E-state index >= 15 is 0 Å². The van der Waals surface area contributed by atoms with Crippen LogP contribution in [0.3, 0.4) is 0 Å². The Morgan fingerprint density at radius 3 is 2.37 bits per heavy atom. The lowest BCUT2D eigenvalue weighted by atomic mass is 9.40. The first-order valence-electron chi connectivity index (χ1n) is 16.7. The topological polar surface area (TPSA) is 166 Å². The third-order valence-corrected chi connectivity index (χ3v) is 11.0. The summed E-state index contributed by atoms with van der Waals surface area (Å²) in [7, 11) is 0. The van der Waals surface area contributed by atoms with E-state index in [2.05, 4.69) is 12.4 Å². The van der Waals surface area contributed by atoms with Crippen LogP contribution < -0.4 is 5.48 Å². The van der Waals surface area contributed by atoms with Crippen molar-refractivity contribution in [3.63, 3.8) is 0 Å². The lowest BCUT2D eigenvalue weighted by Crippen LogP contribution is -2.71. The van der Waals surface area contributed by atoms with Crippen LogP contribution in [0.2, 0.25) is 0 Å². The van der Waals surface area contributed by atoms with E-state index in [-0.39, 0.29) is 23.7 Å². The van der Waals surface area contributed by atoms with Crippen molar-refractivity contribution < 1.29 is 48.5 Å². The van der Waals surface area contributed by atoms with Crippen molar-refractivity contribution >= 4 is 29.5 Å². The second-order valence-electron chi connectivity index (χ2n) is 15.2. The molecule has 256 valence electrons. The Morgan fingerprint density at radius 1 is 1.11 bits per heavy atom. The monoisotopic (exact) mass is 645 g/mol. The molecule has 46 heavy (non-hydrogen) atoms. The van der Waals surface area contributed by atoms with E-state index in [0.29, 0.717) is 12.8 Å². The van der Waals surface area contributed by atoms with Gasteiger partial charge in [0.05, 0.1) is 5.41 Å². The zero-order valence-corrected chi connectivity index (χ0v) is 28.4. The molecule has 1 unspecified atom stereocenters. The van der Waals surface area contributed by atoms with Gasteiger partial charge in [-0.1, -0.05) is 66.2 Å². The number of esters is 2. The fraction of sp³-hybridized carbons (Fsp3) is 0.743. The van der Waals surface area contributed by atoms with Crippen molar-refractivity contribution in [3.05, 3.63) is 23.2 Å². The van der Waals surface area contributed by atoms with E-state index in [1.54, 1.807) is 40.7 Å². The number of fused-ring (bicyclic) bond motifs is 2. The maximum Gasteiger partial charge on any atom is 0.335 e. The zero-order valence-electron chi connectivity index (χ0n) is 28.4. The molecule has 1 saturated heterocycles. The fourth-order valence-electron chi connectivity index (χ4n) is 8.40. The van der Waals surface area contributed by atoms with Crippen LogP contribution in [-0.4, -0.2) is 57.9 Å². The molecule has 2 fully saturated rings. The van der Waals surface area contributed by atoms with Crippen LogP contribution in [0.5, 0.6) is 0 Å². The van der Waals surface area contributed by atoms with Crippen molar-refractivity contribution in [3.8, 4) is 0 Å². The summed E-state index contributed by atoms with van der Waals surface area (Å²) in [5.41, 5.74) is -0.702. The van der Waals surface area contributed by atoms with Crippen molar-refractivity contribution in [2.45, 2.75) is 125 Å². The number of rotatable bonds is 11. The van der Waals surface area contributed by atoms with Gasteiger partial charge in [-0.15, -0.1) is 5.48 Å². The molecule has 1 aliphatic heterocycles. The van der Waals surface area contributed by atoms with Gasteiger partial charge in [0.15, 0.2) is 17.6 Å². The maximum atomic E-state index is 14.5. The molecule has 3 N–H and O–H groups in total. The summed E-state index contributed by atoms with van der Waals surface area (Å²) < 4.78 is 11.5. The largest absolute Gasteiger partial charge is 0.504 e. The lowest BCUT2D eigenvalue weighted by molar-refractivity contribution is -0.234. The second kappa shape index (κ2) is 13.2. The van der Waals surface area contributed by atoms with Crippen LogP contribution in [0.4, 0.5) is 0 Å². The standard InChI is InChI=1S/C35H51NO10/c1-9-10-11-12-13-14-15-21(36-46-32(43)33(4,5)6)30(41)44-22-16-18(2)20-17-23-35(8)24(26(38)31(42)45-23)19(3)25(37)27(39)28(35)34(20,7)29(22)40/h16,18,20-21,23-24,26,28,36-38H,9-15,17H2,1-8H3/t18-,20+,21?,23-,24-,26-,28-,34+,35+/m1/s1. The molecule has 0 spiro atoms. The first kappa shape index (κ1) is 35.8. The van der Waals surface area contributed by atoms with Gasteiger partial charge in [0, 0.05) is 22.7 Å². The van der Waals surface area contributed by atoms with E-state index in [4.69, 9.17) is 14.3 Å². The number of hydrogen-bond acceptors (Lipinski definition) is 11. The third-order valence-electron chi connectivity index (χ3n) is 11.0. The summed E-state index contributed by atoms with van der Waals surface area (Å²) >= 11 is 0. The molecule has 1 heterocycles. The van der Waals surface area contributed by atoms with Gasteiger partial charge >= 0.3 is 17.9 Å². The van der Waals surface area contributed by atoms with Gasteiger partial charge in [-0.3, -0.25) is 9.59 Å². The lowest BCUT2D eigenvalue weighted by Gasteiger charge is -2.64. The van der Waals surface area contributed by atoms with E-state index in [1.807, 2.05) is 6.92 Å². The number of carbonyl (C=O) groups is 5. The summed E-state index contributed by atoms with van der Waals surface area (Å²) in [4.78, 5) is 72.5. The first-order chi connectivity index (χ1) is 21.4. The quantitative estimate of drug-likeness (QED) is 0.122. The smallest absolute Gasteiger partial charge is 0.335 e. The van der Waals surface area contributed by atoms with E-state index < -0.39 is 87.5 Å². The number of hydrogen-bond donors (Lipinski definition) is 3. The number of aliphatic hydroxyl groups excluding tert-OH is 2. The number of carbonyl (C=O) groups excluding carboxylic acids is 5. The fourth-order valence-corrected chi connectivity index (χ4v) is 8.40. The summed E-state index contributed by atoms with van der Waals surface area (Å²) in [6.45, 7) is 13.9. The summed E-state index contributed by atoms with van der Waals surface area (Å²) in [5, 5.41) is 21.9. The van der Waals surface area contributed by atoms with Gasteiger partial charge in [-0.25, -0.2) is 14.4 Å². The Kier molecular flexibility index (Phi) is 10.3. The average Bonchev–Trinajstić information content (AvgIpc) is 2.97. The third kappa shape index (κ3) is 6.05. The molecular weight excluding hydrogens is 594 g/mol. The molecular formula is C35H51NO10. The van der Waals surface area contributed by atoms with Crippen LogP contribution in [0.1, 0.15) is 107 Å². The van der Waals surface area contributed by atoms with Crippen LogP contribution in [0.15, 0.2) is 23.2 Å². The van der Waals surface area contributed by atoms with Crippen LogP contribution >= 0.6 is 0 Å². The first-order valence-corrected chi connectivity index (χ1v) is 16.7. The van der Waals surface area contributed by atoms with E-state index in [0.717, 1.165) is 32.1 Å². The highest BCUT2D eigenvalue weighted by atomic mass is 16.7. The van der Waals surface area contributed by atoms with Crippen molar-refractivity contribution in [2.24, 2.45) is 39.9 Å². The van der Waals surface area contributed by atoms with Gasteiger partial charge < -0.3 is 24.5 Å². The maximum absolute atomic E-state index is 14.5. The molecule has 1 saturated carbocycles. The van der Waals surface area contributed by atoms with Crippen molar-refractivity contribution in [2.75, 3.05) is 0 Å². The molecule has 3 aliphatic carbocycles. The number of nitrogens with one attached hydrogen (secondary N) is 1. The number of hydroxylamine groups is 1. The van der Waals surface area contributed by atoms with Crippen LogP contribution in [-0.2, 0) is 38.3 Å². The highest BCUT2D eigenvalue weighted by Gasteiger charge is 2.73.